The van der Waals surface area contributed by atoms with Crippen LogP contribution in [-0.4, -0.2) is 33.3 Å². The minimum Gasteiger partial charge on any atom is -0.598 e. The molecule has 0 aliphatic carbocycles. The summed E-state index contributed by atoms with van der Waals surface area (Å²) in [6, 6.07) is 21.9. The Labute approximate surface area is 161 Å². The van der Waals surface area contributed by atoms with Gasteiger partial charge in [-0.2, -0.15) is 0 Å². The molecule has 140 valence electrons. The summed E-state index contributed by atoms with van der Waals surface area (Å²) in [6.45, 7) is 8.04. The molecule has 1 fully saturated rings. The van der Waals surface area contributed by atoms with Crippen molar-refractivity contribution in [3.63, 3.8) is 0 Å². The van der Waals surface area contributed by atoms with Crippen LogP contribution in [0.3, 0.4) is 0 Å². The van der Waals surface area contributed by atoms with Crippen molar-refractivity contribution in [3.05, 3.63) is 71.8 Å². The van der Waals surface area contributed by atoms with E-state index in [4.69, 9.17) is 0 Å². The Bertz CT molecular complexity index is 632. The van der Waals surface area contributed by atoms with Crippen LogP contribution in [0.15, 0.2) is 60.7 Å². The lowest BCUT2D eigenvalue weighted by atomic mass is 9.94. The van der Waals surface area contributed by atoms with Crippen LogP contribution in [0.1, 0.15) is 50.8 Å². The van der Waals surface area contributed by atoms with Crippen molar-refractivity contribution in [2.45, 2.75) is 50.4 Å². The first-order valence-electron chi connectivity index (χ1n) is 9.47. The van der Waals surface area contributed by atoms with Gasteiger partial charge in [-0.25, -0.2) is 0 Å². The second kappa shape index (κ2) is 8.57. The van der Waals surface area contributed by atoms with Crippen molar-refractivity contribution >= 4 is 11.4 Å². The highest BCUT2D eigenvalue weighted by Gasteiger charge is 2.33. The number of hydrogen-bond donors (Lipinski definition) is 1. The second-order valence-electron chi connectivity index (χ2n) is 8.06. The van der Waals surface area contributed by atoms with Gasteiger partial charge in [-0.15, -0.1) is 4.72 Å². The predicted octanol–water partition coefficient (Wildman–Crippen LogP) is 4.29. The summed E-state index contributed by atoms with van der Waals surface area (Å²) < 4.78 is 15.7. The van der Waals surface area contributed by atoms with Crippen LogP contribution in [0, 0.1) is 0 Å². The van der Waals surface area contributed by atoms with Gasteiger partial charge < -0.3 is 4.55 Å². The van der Waals surface area contributed by atoms with Crippen LogP contribution in [-0.2, 0) is 11.4 Å². The van der Waals surface area contributed by atoms with Crippen molar-refractivity contribution in [2.75, 3.05) is 13.1 Å². The van der Waals surface area contributed by atoms with Gasteiger partial charge in [0.05, 0.1) is 12.1 Å². The van der Waals surface area contributed by atoms with Crippen LogP contribution in [0.4, 0.5) is 0 Å². The Morgan fingerprint density at radius 3 is 2.04 bits per heavy atom. The third-order valence-corrected chi connectivity index (χ3v) is 6.54. The molecular weight excluding hydrogens is 340 g/mol. The van der Waals surface area contributed by atoms with E-state index in [1.807, 2.05) is 20.8 Å². The molecular formula is C22H30N2OS. The van der Waals surface area contributed by atoms with Crippen molar-refractivity contribution in [2.24, 2.45) is 0 Å². The van der Waals surface area contributed by atoms with Crippen LogP contribution < -0.4 is 4.72 Å². The molecule has 4 heteroatoms. The van der Waals surface area contributed by atoms with E-state index in [1.165, 1.54) is 11.1 Å². The van der Waals surface area contributed by atoms with Gasteiger partial charge in [-0.1, -0.05) is 60.7 Å². The van der Waals surface area contributed by atoms with E-state index in [1.54, 1.807) is 0 Å². The molecule has 0 saturated carbocycles. The zero-order valence-corrected chi connectivity index (χ0v) is 16.8. The molecule has 2 aromatic carbocycles. The standard InChI is InChI=1S/C22H30N2OS/c1-22(2,3)26(25)23-20-15-10-16-24(17-20)21(18-11-6-4-7-12-18)19-13-8-5-9-14-19/h4-9,11-14,20-21,23H,10,15-17H2,1-3H3/t20-,26-/m0/s1. The average molecular weight is 371 g/mol. The van der Waals surface area contributed by atoms with Crippen LogP contribution in [0.5, 0.6) is 0 Å². The van der Waals surface area contributed by atoms with E-state index >= 15 is 0 Å². The van der Waals surface area contributed by atoms with Gasteiger partial charge >= 0.3 is 0 Å². The fourth-order valence-corrected chi connectivity index (χ4v) is 4.40. The van der Waals surface area contributed by atoms with E-state index in [2.05, 4.69) is 70.3 Å². The summed E-state index contributed by atoms with van der Waals surface area (Å²) in [5.41, 5.74) is 2.63. The van der Waals surface area contributed by atoms with Gasteiger partial charge in [0.15, 0.2) is 0 Å². The number of piperidine rings is 1. The minimum atomic E-state index is -1.03. The van der Waals surface area contributed by atoms with Gasteiger partial charge in [0, 0.05) is 17.9 Å². The molecule has 3 rings (SSSR count). The smallest absolute Gasteiger partial charge is 0.136 e. The molecule has 0 amide bonds. The average Bonchev–Trinajstić information content (AvgIpc) is 2.63. The maximum atomic E-state index is 12.5. The Balaban J connectivity index is 1.81. The van der Waals surface area contributed by atoms with Crippen molar-refractivity contribution in [1.29, 1.82) is 0 Å². The van der Waals surface area contributed by atoms with Crippen LogP contribution in [0.2, 0.25) is 0 Å². The predicted molar refractivity (Wildman–Crippen MR) is 110 cm³/mol. The lowest BCUT2D eigenvalue weighted by Crippen LogP contribution is -2.52. The lowest BCUT2D eigenvalue weighted by molar-refractivity contribution is 0.165. The molecule has 1 N–H and O–H groups in total. The maximum absolute atomic E-state index is 12.5. The quantitative estimate of drug-likeness (QED) is 0.798. The number of likely N-dealkylation sites (tertiary alicyclic amines) is 1. The summed E-state index contributed by atoms with van der Waals surface area (Å²) in [5.74, 6) is 0. The molecule has 0 aromatic heterocycles. The normalized spacial score (nSPS) is 20.3. The SMILES string of the molecule is CC(C)(C)[S@+]([O-])N[C@H]1CCCN(C(c2ccccc2)c2ccccc2)C1. The molecule has 1 heterocycles. The summed E-state index contributed by atoms with van der Waals surface area (Å²) in [4.78, 5) is 2.53. The van der Waals surface area contributed by atoms with E-state index < -0.39 is 11.4 Å². The van der Waals surface area contributed by atoms with E-state index in [9.17, 15) is 4.55 Å². The Kier molecular flexibility index (Phi) is 6.41. The molecule has 0 spiro atoms. The molecule has 26 heavy (non-hydrogen) atoms. The summed E-state index contributed by atoms with van der Waals surface area (Å²) in [7, 11) is 0. The number of nitrogens with one attached hydrogen (secondary N) is 1. The van der Waals surface area contributed by atoms with Gasteiger partial charge in [-0.05, 0) is 51.3 Å². The minimum absolute atomic E-state index is 0.236. The molecule has 1 saturated heterocycles. The first kappa shape index (κ1) is 19.4. The van der Waals surface area contributed by atoms with Gasteiger partial charge in [0.2, 0.25) is 0 Å². The molecule has 3 nitrogen and oxygen atoms in total. The van der Waals surface area contributed by atoms with E-state index in [0.717, 1.165) is 25.9 Å². The summed E-state index contributed by atoms with van der Waals surface area (Å²) in [5, 5.41) is 0. The van der Waals surface area contributed by atoms with Crippen molar-refractivity contribution < 1.29 is 4.55 Å². The van der Waals surface area contributed by atoms with E-state index in [0.29, 0.717) is 0 Å². The number of hydrogen-bond acceptors (Lipinski definition) is 3. The highest BCUT2D eigenvalue weighted by Crippen LogP contribution is 2.31. The zero-order valence-electron chi connectivity index (χ0n) is 16.0. The molecule has 1 aliphatic heterocycles. The van der Waals surface area contributed by atoms with Crippen LogP contribution in [0.25, 0.3) is 0 Å². The largest absolute Gasteiger partial charge is 0.598 e. The lowest BCUT2D eigenvalue weighted by Gasteiger charge is -2.39. The van der Waals surface area contributed by atoms with Crippen LogP contribution >= 0.6 is 0 Å². The summed E-state index contributed by atoms with van der Waals surface area (Å²) in [6.07, 6.45) is 2.20. The fourth-order valence-electron chi connectivity index (χ4n) is 3.55. The Hall–Kier alpha value is -1.33. The molecule has 0 unspecified atom stereocenters. The molecule has 2 atom stereocenters. The monoisotopic (exact) mass is 370 g/mol. The van der Waals surface area contributed by atoms with Gasteiger partial charge in [0.25, 0.3) is 0 Å². The third-order valence-electron chi connectivity index (χ3n) is 4.88. The van der Waals surface area contributed by atoms with Crippen molar-refractivity contribution in [3.8, 4) is 0 Å². The van der Waals surface area contributed by atoms with E-state index in [-0.39, 0.29) is 16.8 Å². The first-order chi connectivity index (χ1) is 12.4. The first-order valence-corrected chi connectivity index (χ1v) is 10.6. The molecule has 1 aliphatic rings. The van der Waals surface area contributed by atoms with Gasteiger partial charge in [0.1, 0.15) is 4.75 Å². The number of rotatable bonds is 5. The topological polar surface area (TPSA) is 38.3 Å². The molecule has 0 bridgehead atoms. The Morgan fingerprint density at radius 1 is 1.00 bits per heavy atom. The molecule has 0 radical (unpaired) electrons. The second-order valence-corrected chi connectivity index (χ2v) is 10.1. The summed E-state index contributed by atoms with van der Waals surface area (Å²) >= 11 is -1.03. The zero-order chi connectivity index (χ0) is 18.6. The maximum Gasteiger partial charge on any atom is 0.136 e. The number of benzene rings is 2. The Morgan fingerprint density at radius 2 is 1.54 bits per heavy atom. The fraction of sp³-hybridized carbons (Fsp3) is 0.455. The number of nitrogens with zero attached hydrogens (tertiary/aromatic N) is 1. The van der Waals surface area contributed by atoms with Gasteiger partial charge in [-0.3, -0.25) is 4.90 Å². The highest BCUT2D eigenvalue weighted by atomic mass is 32.2. The van der Waals surface area contributed by atoms with Crippen molar-refractivity contribution in [1.82, 2.24) is 9.62 Å². The third kappa shape index (κ3) is 4.89. The molecule has 2 aromatic rings. The highest BCUT2D eigenvalue weighted by molar-refractivity contribution is 7.90.